The van der Waals surface area contributed by atoms with E-state index in [2.05, 4.69) is 31.9 Å². The van der Waals surface area contributed by atoms with Crippen molar-refractivity contribution in [3.05, 3.63) is 26.3 Å². The molecule has 2 aromatic rings. The first-order valence-electron chi connectivity index (χ1n) is 5.76. The van der Waals surface area contributed by atoms with E-state index in [9.17, 15) is 9.90 Å². The Balaban J connectivity index is 2.42. The zero-order chi connectivity index (χ0) is 13.7. The van der Waals surface area contributed by atoms with Gasteiger partial charge in [-0.1, -0.05) is 0 Å². The number of ether oxygens (including phenoxy) is 1. The summed E-state index contributed by atoms with van der Waals surface area (Å²) in [6.45, 7) is 0. The maximum absolute atomic E-state index is 11.3. The minimum atomic E-state index is -1.03. The lowest BCUT2D eigenvalue weighted by atomic mass is 10.1. The molecule has 100 valence electrons. The quantitative estimate of drug-likeness (QED) is 0.836. The zero-order valence-electron chi connectivity index (χ0n) is 10.00. The van der Waals surface area contributed by atoms with Gasteiger partial charge in [0, 0.05) is 10.9 Å². The van der Waals surface area contributed by atoms with Crippen molar-refractivity contribution in [1.82, 2.24) is 0 Å². The van der Waals surface area contributed by atoms with E-state index >= 15 is 0 Å². The Bertz CT molecular complexity index is 686. The van der Waals surface area contributed by atoms with Gasteiger partial charge < -0.3 is 14.3 Å². The molecule has 0 atom stereocenters. The zero-order valence-corrected chi connectivity index (χ0v) is 13.2. The van der Waals surface area contributed by atoms with Crippen LogP contribution < -0.4 is 4.74 Å². The van der Waals surface area contributed by atoms with E-state index in [1.54, 1.807) is 13.2 Å². The average molecular weight is 390 g/mol. The molecule has 0 bridgehead atoms. The molecule has 0 amide bonds. The van der Waals surface area contributed by atoms with Gasteiger partial charge in [0.05, 0.1) is 16.1 Å². The normalized spacial score (nSPS) is 14.9. The standard InChI is InChI=1S/C13H10Br2O4/c1-18-7-4-6(14)11-9(10(7)15)8(5-2-3-5)12(19-11)13(16)17/h4-5H,2-3H2,1H3,(H,16,17). The van der Waals surface area contributed by atoms with E-state index in [0.717, 1.165) is 28.3 Å². The summed E-state index contributed by atoms with van der Waals surface area (Å²) in [6.07, 6.45) is 1.99. The van der Waals surface area contributed by atoms with Gasteiger partial charge in [0.25, 0.3) is 0 Å². The summed E-state index contributed by atoms with van der Waals surface area (Å²) in [5, 5.41) is 10.1. The summed E-state index contributed by atoms with van der Waals surface area (Å²) in [7, 11) is 1.58. The second-order valence-corrected chi connectivity index (χ2v) is 6.15. The van der Waals surface area contributed by atoms with Gasteiger partial charge >= 0.3 is 5.97 Å². The van der Waals surface area contributed by atoms with Crippen molar-refractivity contribution in [2.24, 2.45) is 0 Å². The van der Waals surface area contributed by atoms with E-state index < -0.39 is 5.97 Å². The summed E-state index contributed by atoms with van der Waals surface area (Å²) >= 11 is 6.89. The Labute approximate surface area is 126 Å². The SMILES string of the molecule is COc1cc(Br)c2oc(C(=O)O)c(C3CC3)c2c1Br. The van der Waals surface area contributed by atoms with Gasteiger partial charge in [0.15, 0.2) is 5.58 Å². The third-order valence-corrected chi connectivity index (χ3v) is 4.63. The lowest BCUT2D eigenvalue weighted by Gasteiger charge is -2.06. The Kier molecular flexibility index (Phi) is 3.09. The summed E-state index contributed by atoms with van der Waals surface area (Å²) in [5.74, 6) is -0.0790. The van der Waals surface area contributed by atoms with Crippen LogP contribution in [-0.4, -0.2) is 18.2 Å². The number of carbonyl (C=O) groups is 1. The van der Waals surface area contributed by atoms with Crippen molar-refractivity contribution in [3.63, 3.8) is 0 Å². The van der Waals surface area contributed by atoms with Gasteiger partial charge in [-0.25, -0.2) is 4.79 Å². The lowest BCUT2D eigenvalue weighted by molar-refractivity contribution is 0.0663. The van der Waals surface area contributed by atoms with Gasteiger partial charge in [0.2, 0.25) is 5.76 Å². The second-order valence-electron chi connectivity index (χ2n) is 4.50. The summed E-state index contributed by atoms with van der Waals surface area (Å²) in [5.41, 5.74) is 1.32. The molecule has 6 heteroatoms. The van der Waals surface area contributed by atoms with Gasteiger partial charge in [-0.3, -0.25) is 0 Å². The molecule has 1 aromatic carbocycles. The number of carboxylic acids is 1. The first kappa shape index (κ1) is 13.0. The molecule has 1 heterocycles. The average Bonchev–Trinajstić information content (AvgIpc) is 3.12. The fourth-order valence-corrected chi connectivity index (χ4v) is 3.42. The third kappa shape index (κ3) is 1.97. The molecule has 0 radical (unpaired) electrons. The molecular weight excluding hydrogens is 380 g/mol. The van der Waals surface area contributed by atoms with Crippen molar-refractivity contribution in [2.45, 2.75) is 18.8 Å². The molecule has 0 unspecified atom stereocenters. The van der Waals surface area contributed by atoms with Crippen molar-refractivity contribution < 1.29 is 19.1 Å². The molecule has 1 fully saturated rings. The molecule has 1 aromatic heterocycles. The molecule has 1 saturated carbocycles. The highest BCUT2D eigenvalue weighted by molar-refractivity contribution is 9.11. The molecule has 1 aliphatic rings. The number of methoxy groups -OCH3 is 1. The molecule has 0 saturated heterocycles. The smallest absolute Gasteiger partial charge is 0.372 e. The van der Waals surface area contributed by atoms with Crippen molar-refractivity contribution in [3.8, 4) is 5.75 Å². The van der Waals surface area contributed by atoms with Crippen LogP contribution >= 0.6 is 31.9 Å². The minimum absolute atomic E-state index is 0.0344. The van der Waals surface area contributed by atoms with Gasteiger partial charge in [0.1, 0.15) is 5.75 Å². The number of halogens is 2. The number of furan rings is 1. The number of carboxylic acid groups (broad SMARTS) is 1. The molecule has 0 spiro atoms. The predicted octanol–water partition coefficient (Wildman–Crippen LogP) is 4.54. The number of hydrogen-bond acceptors (Lipinski definition) is 3. The van der Waals surface area contributed by atoms with Crippen LogP contribution in [0.4, 0.5) is 0 Å². The largest absolute Gasteiger partial charge is 0.496 e. The fraction of sp³-hybridized carbons (Fsp3) is 0.308. The van der Waals surface area contributed by atoms with Crippen LogP contribution in [0, 0.1) is 0 Å². The molecule has 1 aliphatic carbocycles. The summed E-state index contributed by atoms with van der Waals surface area (Å²) in [6, 6.07) is 1.76. The number of aromatic carboxylic acids is 1. The van der Waals surface area contributed by atoms with Crippen LogP contribution in [0.5, 0.6) is 5.75 Å². The van der Waals surface area contributed by atoms with Crippen LogP contribution in [0.15, 0.2) is 19.4 Å². The van der Waals surface area contributed by atoms with E-state index in [-0.39, 0.29) is 11.7 Å². The van der Waals surface area contributed by atoms with Crippen LogP contribution in [0.3, 0.4) is 0 Å². The number of benzene rings is 1. The van der Waals surface area contributed by atoms with Crippen LogP contribution in [0.25, 0.3) is 11.0 Å². The number of rotatable bonds is 3. The summed E-state index contributed by atoms with van der Waals surface area (Å²) in [4.78, 5) is 11.3. The first-order chi connectivity index (χ1) is 9.04. The van der Waals surface area contributed by atoms with Crippen molar-refractivity contribution in [1.29, 1.82) is 0 Å². The Hall–Kier alpha value is -1.01. The summed E-state index contributed by atoms with van der Waals surface area (Å²) < 4.78 is 12.3. The Morgan fingerprint density at radius 1 is 1.47 bits per heavy atom. The monoisotopic (exact) mass is 388 g/mol. The van der Waals surface area contributed by atoms with Gasteiger partial charge in [-0.15, -0.1) is 0 Å². The molecule has 4 nitrogen and oxygen atoms in total. The number of fused-ring (bicyclic) bond motifs is 1. The molecule has 1 N–H and O–H groups in total. The van der Waals surface area contributed by atoms with Crippen LogP contribution in [0.2, 0.25) is 0 Å². The molecule has 3 rings (SSSR count). The molecule has 19 heavy (non-hydrogen) atoms. The topological polar surface area (TPSA) is 59.7 Å². The molecular formula is C13H10Br2O4. The van der Waals surface area contributed by atoms with E-state index in [0.29, 0.717) is 15.8 Å². The van der Waals surface area contributed by atoms with E-state index in [1.807, 2.05) is 0 Å². The highest BCUT2D eigenvalue weighted by atomic mass is 79.9. The Morgan fingerprint density at radius 2 is 2.16 bits per heavy atom. The molecule has 0 aliphatic heterocycles. The van der Waals surface area contributed by atoms with Crippen LogP contribution in [0.1, 0.15) is 34.9 Å². The highest BCUT2D eigenvalue weighted by Crippen LogP contribution is 2.51. The Morgan fingerprint density at radius 3 is 2.68 bits per heavy atom. The fourth-order valence-electron chi connectivity index (χ4n) is 2.27. The third-order valence-electron chi connectivity index (χ3n) is 3.26. The van der Waals surface area contributed by atoms with Crippen molar-refractivity contribution >= 4 is 48.8 Å². The first-order valence-corrected chi connectivity index (χ1v) is 7.34. The lowest BCUT2D eigenvalue weighted by Crippen LogP contribution is -1.97. The van der Waals surface area contributed by atoms with E-state index in [4.69, 9.17) is 9.15 Å². The minimum Gasteiger partial charge on any atom is -0.496 e. The van der Waals surface area contributed by atoms with Crippen LogP contribution in [-0.2, 0) is 0 Å². The highest BCUT2D eigenvalue weighted by Gasteiger charge is 2.35. The van der Waals surface area contributed by atoms with Crippen molar-refractivity contribution in [2.75, 3.05) is 7.11 Å². The van der Waals surface area contributed by atoms with Gasteiger partial charge in [-0.05, 0) is 56.7 Å². The van der Waals surface area contributed by atoms with Gasteiger partial charge in [-0.2, -0.15) is 0 Å². The maximum atomic E-state index is 11.3. The maximum Gasteiger partial charge on any atom is 0.372 e. The predicted molar refractivity (Wildman–Crippen MR) is 77.1 cm³/mol. The number of hydrogen-bond donors (Lipinski definition) is 1. The second kappa shape index (κ2) is 4.52. The van der Waals surface area contributed by atoms with E-state index in [1.165, 1.54) is 0 Å².